The van der Waals surface area contributed by atoms with Gasteiger partial charge in [0, 0.05) is 6.42 Å². The fourth-order valence-corrected chi connectivity index (χ4v) is 3.41. The molecule has 4 nitrogen and oxygen atoms in total. The number of hydrogen-bond donors (Lipinski definition) is 2. The molecule has 0 radical (unpaired) electrons. The lowest BCUT2D eigenvalue weighted by molar-refractivity contribution is -0.157. The lowest BCUT2D eigenvalue weighted by Gasteiger charge is -2.37. The number of carboxylic acid groups (broad SMARTS) is 1. The Bertz CT molecular complexity index is 723. The second-order valence-electron chi connectivity index (χ2n) is 6.84. The molecule has 0 heterocycles. The lowest BCUT2D eigenvalue weighted by atomic mass is 9.66. The van der Waals surface area contributed by atoms with E-state index >= 15 is 0 Å². The average Bonchev–Trinajstić information content (AvgIpc) is 2.59. The maximum atomic E-state index is 12.6. The number of carbonyl (C=O) groups excluding carboxylic acids is 1. The van der Waals surface area contributed by atoms with E-state index in [0.717, 1.165) is 17.5 Å². The Morgan fingerprint density at radius 1 is 1.00 bits per heavy atom. The van der Waals surface area contributed by atoms with Crippen molar-refractivity contribution in [2.45, 2.75) is 38.1 Å². The summed E-state index contributed by atoms with van der Waals surface area (Å²) in [5.41, 5.74) is 1.30. The SMILES string of the molecule is O=C(CC1(C(=O)O)CCC1)NC(Cc1ccccc1)c1ccccc1. The molecule has 2 N–H and O–H groups in total. The molecule has 1 fully saturated rings. The van der Waals surface area contributed by atoms with Gasteiger partial charge in [-0.3, -0.25) is 9.59 Å². The number of aliphatic carboxylic acids is 1. The first-order chi connectivity index (χ1) is 12.1. The molecule has 0 bridgehead atoms. The van der Waals surface area contributed by atoms with Crippen LogP contribution in [0, 0.1) is 5.41 Å². The summed E-state index contributed by atoms with van der Waals surface area (Å²) in [7, 11) is 0. The number of rotatable bonds is 7. The molecule has 2 aromatic carbocycles. The summed E-state index contributed by atoms with van der Waals surface area (Å²) in [4.78, 5) is 24.1. The van der Waals surface area contributed by atoms with Gasteiger partial charge in [-0.05, 0) is 30.4 Å². The van der Waals surface area contributed by atoms with E-state index in [0.29, 0.717) is 19.3 Å². The zero-order valence-corrected chi connectivity index (χ0v) is 14.2. The van der Waals surface area contributed by atoms with Crippen LogP contribution in [0.3, 0.4) is 0 Å². The van der Waals surface area contributed by atoms with Gasteiger partial charge in [0.1, 0.15) is 0 Å². The zero-order valence-electron chi connectivity index (χ0n) is 14.2. The molecule has 1 aliphatic rings. The summed E-state index contributed by atoms with van der Waals surface area (Å²) in [5, 5.41) is 12.5. The highest BCUT2D eigenvalue weighted by molar-refractivity contribution is 5.85. The first-order valence-corrected chi connectivity index (χ1v) is 8.71. The fraction of sp³-hybridized carbons (Fsp3) is 0.333. The predicted octanol–water partition coefficient (Wildman–Crippen LogP) is 3.73. The molecule has 1 atom stereocenters. The van der Waals surface area contributed by atoms with Crippen LogP contribution in [0.1, 0.15) is 42.9 Å². The van der Waals surface area contributed by atoms with Crippen molar-refractivity contribution in [2.75, 3.05) is 0 Å². The first kappa shape index (κ1) is 17.2. The van der Waals surface area contributed by atoms with Gasteiger partial charge in [0.15, 0.2) is 0 Å². The minimum Gasteiger partial charge on any atom is -0.481 e. The summed E-state index contributed by atoms with van der Waals surface area (Å²) >= 11 is 0. The van der Waals surface area contributed by atoms with Crippen molar-refractivity contribution in [3.05, 3.63) is 71.8 Å². The molecule has 3 rings (SSSR count). The molecule has 130 valence electrons. The normalized spacial score (nSPS) is 16.5. The van der Waals surface area contributed by atoms with Crippen LogP contribution in [0.2, 0.25) is 0 Å². The van der Waals surface area contributed by atoms with E-state index in [2.05, 4.69) is 5.32 Å². The number of nitrogens with one attached hydrogen (secondary N) is 1. The van der Waals surface area contributed by atoms with Crippen LogP contribution in [0.25, 0.3) is 0 Å². The van der Waals surface area contributed by atoms with Crippen molar-refractivity contribution in [3.8, 4) is 0 Å². The van der Waals surface area contributed by atoms with E-state index in [1.807, 2.05) is 60.7 Å². The van der Waals surface area contributed by atoms with Gasteiger partial charge < -0.3 is 10.4 Å². The fourth-order valence-electron chi connectivity index (χ4n) is 3.41. The van der Waals surface area contributed by atoms with Gasteiger partial charge in [-0.25, -0.2) is 0 Å². The number of carboxylic acids is 1. The van der Waals surface area contributed by atoms with Crippen molar-refractivity contribution in [2.24, 2.45) is 5.41 Å². The maximum absolute atomic E-state index is 12.6. The average molecular weight is 337 g/mol. The van der Waals surface area contributed by atoms with Crippen LogP contribution >= 0.6 is 0 Å². The van der Waals surface area contributed by atoms with Crippen LogP contribution in [-0.2, 0) is 16.0 Å². The largest absolute Gasteiger partial charge is 0.481 e. The monoisotopic (exact) mass is 337 g/mol. The number of benzene rings is 2. The highest BCUT2D eigenvalue weighted by Crippen LogP contribution is 2.44. The Morgan fingerprint density at radius 2 is 1.60 bits per heavy atom. The van der Waals surface area contributed by atoms with Crippen LogP contribution in [0.4, 0.5) is 0 Å². The summed E-state index contributed by atoms with van der Waals surface area (Å²) < 4.78 is 0. The molecule has 0 spiro atoms. The van der Waals surface area contributed by atoms with Crippen molar-refractivity contribution < 1.29 is 14.7 Å². The molecule has 0 aliphatic heterocycles. The van der Waals surface area contributed by atoms with E-state index in [-0.39, 0.29) is 18.4 Å². The van der Waals surface area contributed by atoms with Crippen molar-refractivity contribution in [3.63, 3.8) is 0 Å². The van der Waals surface area contributed by atoms with E-state index in [4.69, 9.17) is 0 Å². The number of amides is 1. The van der Waals surface area contributed by atoms with Gasteiger partial charge in [-0.1, -0.05) is 67.1 Å². The van der Waals surface area contributed by atoms with Gasteiger partial charge in [-0.15, -0.1) is 0 Å². The lowest BCUT2D eigenvalue weighted by Crippen LogP contribution is -2.43. The van der Waals surface area contributed by atoms with E-state index in [1.165, 1.54) is 0 Å². The zero-order chi connectivity index (χ0) is 17.7. The second-order valence-corrected chi connectivity index (χ2v) is 6.84. The smallest absolute Gasteiger partial charge is 0.310 e. The van der Waals surface area contributed by atoms with Crippen molar-refractivity contribution in [1.82, 2.24) is 5.32 Å². The van der Waals surface area contributed by atoms with Crippen molar-refractivity contribution >= 4 is 11.9 Å². The van der Waals surface area contributed by atoms with Crippen LogP contribution < -0.4 is 5.32 Å². The highest BCUT2D eigenvalue weighted by atomic mass is 16.4. The molecule has 25 heavy (non-hydrogen) atoms. The third-order valence-corrected chi connectivity index (χ3v) is 5.08. The summed E-state index contributed by atoms with van der Waals surface area (Å²) in [6.45, 7) is 0. The van der Waals surface area contributed by atoms with Crippen LogP contribution in [-0.4, -0.2) is 17.0 Å². The molecule has 4 heteroatoms. The van der Waals surface area contributed by atoms with Gasteiger partial charge in [-0.2, -0.15) is 0 Å². The summed E-state index contributed by atoms with van der Waals surface area (Å²) in [5.74, 6) is -1.04. The molecule has 1 unspecified atom stereocenters. The first-order valence-electron chi connectivity index (χ1n) is 8.71. The highest BCUT2D eigenvalue weighted by Gasteiger charge is 2.46. The van der Waals surface area contributed by atoms with E-state index in [1.54, 1.807) is 0 Å². The second kappa shape index (κ2) is 7.51. The maximum Gasteiger partial charge on any atom is 0.310 e. The number of carbonyl (C=O) groups is 2. The van der Waals surface area contributed by atoms with Gasteiger partial charge in [0.25, 0.3) is 0 Å². The molecule has 1 saturated carbocycles. The number of hydrogen-bond acceptors (Lipinski definition) is 2. The third-order valence-electron chi connectivity index (χ3n) is 5.08. The Morgan fingerprint density at radius 3 is 2.12 bits per heavy atom. The molecular formula is C21H23NO3. The van der Waals surface area contributed by atoms with E-state index < -0.39 is 11.4 Å². The minimum absolute atomic E-state index is 0.0560. The molecule has 1 aliphatic carbocycles. The Balaban J connectivity index is 1.73. The molecule has 0 saturated heterocycles. The van der Waals surface area contributed by atoms with Gasteiger partial charge >= 0.3 is 5.97 Å². The predicted molar refractivity (Wildman–Crippen MR) is 96.0 cm³/mol. The van der Waals surface area contributed by atoms with Crippen molar-refractivity contribution in [1.29, 1.82) is 0 Å². The van der Waals surface area contributed by atoms with Gasteiger partial charge in [0.2, 0.25) is 5.91 Å². The van der Waals surface area contributed by atoms with E-state index in [9.17, 15) is 14.7 Å². The third kappa shape index (κ3) is 4.08. The van der Waals surface area contributed by atoms with Gasteiger partial charge in [0.05, 0.1) is 11.5 Å². The quantitative estimate of drug-likeness (QED) is 0.809. The standard InChI is InChI=1S/C21H23NO3/c23-19(15-21(20(24)25)12-7-13-21)22-18(17-10-5-2-6-11-17)14-16-8-3-1-4-9-16/h1-6,8-11,18H,7,12-15H2,(H,22,23)(H,24,25). The molecule has 2 aromatic rings. The molecule has 0 aromatic heterocycles. The topological polar surface area (TPSA) is 66.4 Å². The Labute approximate surface area is 147 Å². The Hall–Kier alpha value is -2.62. The minimum atomic E-state index is -0.863. The summed E-state index contributed by atoms with van der Waals surface area (Å²) in [6, 6.07) is 19.6. The van der Waals surface area contributed by atoms with Crippen LogP contribution in [0.5, 0.6) is 0 Å². The molecular weight excluding hydrogens is 314 g/mol. The summed E-state index contributed by atoms with van der Waals surface area (Å²) in [6.07, 6.45) is 2.79. The van der Waals surface area contributed by atoms with Crippen LogP contribution in [0.15, 0.2) is 60.7 Å². The Kier molecular flexibility index (Phi) is 5.17. The molecule has 1 amide bonds.